The topological polar surface area (TPSA) is 66.9 Å². The number of hydrogen-bond acceptors (Lipinski definition) is 6. The molecule has 1 aromatic heterocycles. The van der Waals surface area contributed by atoms with E-state index in [-0.39, 0.29) is 11.8 Å². The zero-order valence-corrected chi connectivity index (χ0v) is 19.5. The zero-order valence-electron chi connectivity index (χ0n) is 18.7. The van der Waals surface area contributed by atoms with Crippen LogP contribution in [0.1, 0.15) is 10.6 Å². The van der Waals surface area contributed by atoms with E-state index in [0.717, 1.165) is 41.5 Å². The van der Waals surface area contributed by atoms with E-state index < -0.39 is 0 Å². The Labute approximate surface area is 196 Å². The molecule has 1 fully saturated rings. The van der Waals surface area contributed by atoms with Crippen LogP contribution >= 0.6 is 11.3 Å². The van der Waals surface area contributed by atoms with Crippen LogP contribution in [0.3, 0.4) is 0 Å². The number of amides is 2. The van der Waals surface area contributed by atoms with Crippen molar-refractivity contribution in [2.75, 3.05) is 40.4 Å². The zero-order chi connectivity index (χ0) is 23.2. The van der Waals surface area contributed by atoms with Gasteiger partial charge >= 0.3 is 6.03 Å². The smallest absolute Gasteiger partial charge is 0.317 e. The summed E-state index contributed by atoms with van der Waals surface area (Å²) in [6.07, 6.45) is 0. The number of thiazole rings is 1. The molecule has 1 saturated heterocycles. The fraction of sp³-hybridized carbons (Fsp3) is 0.333. The quantitative estimate of drug-likeness (QED) is 0.566. The molecule has 0 saturated carbocycles. The molecule has 9 heteroatoms. The van der Waals surface area contributed by atoms with E-state index >= 15 is 0 Å². The second kappa shape index (κ2) is 10.6. The molecule has 0 atom stereocenters. The van der Waals surface area contributed by atoms with Gasteiger partial charge in [-0.15, -0.1) is 11.3 Å². The van der Waals surface area contributed by atoms with Crippen molar-refractivity contribution in [2.45, 2.75) is 13.1 Å². The molecule has 0 aliphatic carbocycles. The van der Waals surface area contributed by atoms with Gasteiger partial charge in [-0.25, -0.2) is 14.2 Å². The maximum Gasteiger partial charge on any atom is 0.317 e. The monoisotopic (exact) mass is 470 g/mol. The van der Waals surface area contributed by atoms with E-state index in [1.807, 2.05) is 28.5 Å². The van der Waals surface area contributed by atoms with Crippen molar-refractivity contribution in [1.82, 2.24) is 20.1 Å². The summed E-state index contributed by atoms with van der Waals surface area (Å²) in [4.78, 5) is 21.4. The van der Waals surface area contributed by atoms with Crippen molar-refractivity contribution >= 4 is 17.4 Å². The molecule has 2 heterocycles. The van der Waals surface area contributed by atoms with Crippen molar-refractivity contribution in [3.05, 3.63) is 64.2 Å². The Kier molecular flexibility index (Phi) is 7.41. The maximum absolute atomic E-state index is 13.1. The predicted octanol–water partition coefficient (Wildman–Crippen LogP) is 3.99. The van der Waals surface area contributed by atoms with Crippen LogP contribution in [0.15, 0.2) is 47.8 Å². The first-order chi connectivity index (χ1) is 16.1. The SMILES string of the molecule is COc1ccc(CNC(=O)N2CCN(Cc3nc(-c4ccc(F)cc4)cs3)CC2)cc1OC. The summed E-state index contributed by atoms with van der Waals surface area (Å²) < 4.78 is 23.7. The van der Waals surface area contributed by atoms with Crippen LogP contribution in [0.2, 0.25) is 0 Å². The van der Waals surface area contributed by atoms with E-state index in [1.165, 1.54) is 12.1 Å². The normalized spacial score (nSPS) is 14.2. The van der Waals surface area contributed by atoms with Crippen LogP contribution in [-0.4, -0.2) is 61.2 Å². The highest BCUT2D eigenvalue weighted by Gasteiger charge is 2.22. The minimum absolute atomic E-state index is 0.0720. The van der Waals surface area contributed by atoms with Gasteiger partial charge in [0.05, 0.1) is 26.5 Å². The number of carbonyl (C=O) groups excluding carboxylic acids is 1. The number of aromatic nitrogens is 1. The summed E-state index contributed by atoms with van der Waals surface area (Å²) in [7, 11) is 3.19. The van der Waals surface area contributed by atoms with Crippen LogP contribution in [0.25, 0.3) is 11.3 Å². The minimum Gasteiger partial charge on any atom is -0.493 e. The van der Waals surface area contributed by atoms with Crippen LogP contribution in [0.5, 0.6) is 11.5 Å². The van der Waals surface area contributed by atoms with Gasteiger partial charge in [-0.3, -0.25) is 4.90 Å². The van der Waals surface area contributed by atoms with Crippen molar-refractivity contribution in [2.24, 2.45) is 0 Å². The van der Waals surface area contributed by atoms with Gasteiger partial charge < -0.3 is 19.7 Å². The third-order valence-electron chi connectivity index (χ3n) is 5.60. The summed E-state index contributed by atoms with van der Waals surface area (Å²) in [5.41, 5.74) is 2.72. The molecule has 0 radical (unpaired) electrons. The number of nitrogens with zero attached hydrogens (tertiary/aromatic N) is 3. The summed E-state index contributed by atoms with van der Waals surface area (Å²) in [6.45, 7) is 4.06. The van der Waals surface area contributed by atoms with E-state index in [1.54, 1.807) is 37.7 Å². The van der Waals surface area contributed by atoms with Crippen molar-refractivity contribution in [3.63, 3.8) is 0 Å². The highest BCUT2D eigenvalue weighted by atomic mass is 32.1. The third-order valence-corrected chi connectivity index (χ3v) is 6.44. The van der Waals surface area contributed by atoms with Crippen molar-refractivity contribution in [3.8, 4) is 22.8 Å². The lowest BCUT2D eigenvalue weighted by Gasteiger charge is -2.34. The number of rotatable bonds is 7. The Bertz CT molecular complexity index is 1080. The standard InChI is InChI=1S/C24H27FN4O3S/c1-31-21-8-3-17(13-22(21)32-2)14-26-24(30)29-11-9-28(10-12-29)15-23-27-20(16-33-23)18-4-6-19(25)7-5-18/h3-8,13,16H,9-12,14-15H2,1-2H3,(H,26,30). The molecule has 0 unspecified atom stereocenters. The molecule has 1 aliphatic rings. The van der Waals surface area contributed by atoms with Crippen LogP contribution in [0.4, 0.5) is 9.18 Å². The molecule has 1 N–H and O–H groups in total. The number of piperazine rings is 1. The van der Waals surface area contributed by atoms with Crippen molar-refractivity contribution < 1.29 is 18.7 Å². The summed E-state index contributed by atoms with van der Waals surface area (Å²) in [5, 5.41) is 6.00. The largest absolute Gasteiger partial charge is 0.493 e. The van der Waals surface area contributed by atoms with Gasteiger partial charge in [0.1, 0.15) is 10.8 Å². The van der Waals surface area contributed by atoms with Gasteiger partial charge in [-0.2, -0.15) is 0 Å². The lowest BCUT2D eigenvalue weighted by atomic mass is 10.2. The second-order valence-corrected chi connectivity index (χ2v) is 8.69. The van der Waals surface area contributed by atoms with Gasteiger partial charge in [-0.1, -0.05) is 6.07 Å². The molecule has 1 aliphatic heterocycles. The summed E-state index contributed by atoms with van der Waals surface area (Å²) >= 11 is 1.60. The van der Waals surface area contributed by atoms with E-state index in [0.29, 0.717) is 31.1 Å². The Balaban J connectivity index is 1.24. The highest BCUT2D eigenvalue weighted by molar-refractivity contribution is 7.09. The van der Waals surface area contributed by atoms with Crippen LogP contribution in [0, 0.1) is 5.82 Å². The fourth-order valence-electron chi connectivity index (χ4n) is 3.72. The molecule has 2 amide bonds. The van der Waals surface area contributed by atoms with E-state index in [4.69, 9.17) is 14.5 Å². The Morgan fingerprint density at radius 1 is 1.06 bits per heavy atom. The first kappa shape index (κ1) is 23.0. The Morgan fingerprint density at radius 3 is 2.48 bits per heavy atom. The number of urea groups is 1. The van der Waals surface area contributed by atoms with Gasteiger partial charge in [0, 0.05) is 43.7 Å². The number of benzene rings is 2. The van der Waals surface area contributed by atoms with E-state index in [2.05, 4.69) is 10.2 Å². The second-order valence-electron chi connectivity index (χ2n) is 7.74. The molecule has 4 rings (SSSR count). The number of ether oxygens (including phenoxy) is 2. The van der Waals surface area contributed by atoms with Crippen LogP contribution in [-0.2, 0) is 13.1 Å². The number of carbonyl (C=O) groups is 1. The molecule has 0 spiro atoms. The van der Waals surface area contributed by atoms with Gasteiger partial charge in [0.25, 0.3) is 0 Å². The van der Waals surface area contributed by atoms with Crippen LogP contribution < -0.4 is 14.8 Å². The predicted molar refractivity (Wildman–Crippen MR) is 126 cm³/mol. The maximum atomic E-state index is 13.1. The molecule has 7 nitrogen and oxygen atoms in total. The third kappa shape index (κ3) is 5.80. The first-order valence-corrected chi connectivity index (χ1v) is 11.6. The number of methoxy groups -OCH3 is 2. The lowest BCUT2D eigenvalue weighted by molar-refractivity contribution is 0.135. The summed E-state index contributed by atoms with van der Waals surface area (Å²) in [5.74, 6) is 1.05. The molecule has 0 bridgehead atoms. The Morgan fingerprint density at radius 2 is 1.79 bits per heavy atom. The average molecular weight is 471 g/mol. The Hall–Kier alpha value is -3.17. The summed E-state index contributed by atoms with van der Waals surface area (Å²) in [6, 6.07) is 11.9. The fourth-order valence-corrected chi connectivity index (χ4v) is 4.56. The average Bonchev–Trinajstić information content (AvgIpc) is 3.31. The molecular formula is C24H27FN4O3S. The molecular weight excluding hydrogens is 443 g/mol. The minimum atomic E-state index is -0.250. The molecule has 2 aromatic carbocycles. The van der Waals surface area contributed by atoms with Crippen molar-refractivity contribution in [1.29, 1.82) is 0 Å². The number of hydrogen-bond donors (Lipinski definition) is 1. The lowest BCUT2D eigenvalue weighted by Crippen LogP contribution is -2.51. The first-order valence-electron chi connectivity index (χ1n) is 10.7. The van der Waals surface area contributed by atoms with Gasteiger partial charge in [0.15, 0.2) is 11.5 Å². The number of halogens is 1. The number of nitrogens with one attached hydrogen (secondary N) is 1. The highest BCUT2D eigenvalue weighted by Crippen LogP contribution is 2.27. The molecule has 3 aromatic rings. The molecule has 33 heavy (non-hydrogen) atoms. The van der Waals surface area contributed by atoms with Gasteiger partial charge in [-0.05, 0) is 42.0 Å². The van der Waals surface area contributed by atoms with E-state index in [9.17, 15) is 9.18 Å². The molecule has 174 valence electrons. The van der Waals surface area contributed by atoms with Gasteiger partial charge in [0.2, 0.25) is 0 Å².